The Hall–Kier alpha value is -3.02. The minimum absolute atomic E-state index is 0.102. The maximum absolute atomic E-state index is 12.9. The van der Waals surface area contributed by atoms with Gasteiger partial charge in [0, 0.05) is 12.0 Å². The molecule has 6 nitrogen and oxygen atoms in total. The first kappa shape index (κ1) is 18.8. The molecule has 1 atom stereocenters. The van der Waals surface area contributed by atoms with Crippen LogP contribution in [-0.2, 0) is 16.1 Å². The Balaban J connectivity index is 2.09. The summed E-state index contributed by atoms with van der Waals surface area (Å²) in [6.45, 7) is 3.98. The Morgan fingerprint density at radius 2 is 2.00 bits per heavy atom. The first-order chi connectivity index (χ1) is 12.9. The molecule has 0 fully saturated rings. The van der Waals surface area contributed by atoms with Crippen LogP contribution in [-0.4, -0.2) is 28.8 Å². The molecule has 1 aromatic carbocycles. The number of hydrogen-bond donors (Lipinski definition) is 1. The molecule has 0 saturated carbocycles. The zero-order valence-corrected chi connectivity index (χ0v) is 15.6. The third-order valence-electron chi connectivity index (χ3n) is 4.54. The fraction of sp³-hybridized carbons (Fsp3) is 0.333. The number of hydrogen-bond acceptors (Lipinski definition) is 5. The molecule has 1 unspecified atom stereocenters. The first-order valence-corrected chi connectivity index (χ1v) is 8.86. The van der Waals surface area contributed by atoms with E-state index in [9.17, 15) is 14.7 Å². The zero-order chi connectivity index (χ0) is 19.6. The fourth-order valence-electron chi connectivity index (χ4n) is 3.37. The molecule has 1 aliphatic rings. The van der Waals surface area contributed by atoms with Gasteiger partial charge >= 0.3 is 0 Å². The van der Waals surface area contributed by atoms with Crippen LogP contribution in [0.15, 0.2) is 58.4 Å². The topological polar surface area (TPSA) is 80.0 Å². The van der Waals surface area contributed by atoms with Crippen molar-refractivity contribution in [2.24, 2.45) is 5.92 Å². The number of Topliss-reactive ketones (excluding diaryl/α,β-unsaturated/α-hetero) is 1. The van der Waals surface area contributed by atoms with Crippen LogP contribution < -0.4 is 4.74 Å². The minimum Gasteiger partial charge on any atom is -0.503 e. The van der Waals surface area contributed by atoms with E-state index in [1.165, 1.54) is 18.3 Å². The van der Waals surface area contributed by atoms with E-state index in [2.05, 4.69) is 0 Å². The van der Waals surface area contributed by atoms with Crippen molar-refractivity contribution in [3.63, 3.8) is 0 Å². The highest BCUT2D eigenvalue weighted by Crippen LogP contribution is 2.42. The summed E-state index contributed by atoms with van der Waals surface area (Å²) in [6, 6.07) is 9.94. The van der Waals surface area contributed by atoms with Crippen LogP contribution >= 0.6 is 0 Å². The van der Waals surface area contributed by atoms with E-state index in [1.54, 1.807) is 24.3 Å². The van der Waals surface area contributed by atoms with Crippen LogP contribution in [0, 0.1) is 5.92 Å². The summed E-state index contributed by atoms with van der Waals surface area (Å²) in [4.78, 5) is 27.1. The summed E-state index contributed by atoms with van der Waals surface area (Å²) in [7, 11) is 1.53. The number of ketones is 1. The SMILES string of the molecule is COc1ccccc1C1C(C(=O)CC(C)C)=C(O)C(=O)N1Cc1ccco1. The Morgan fingerprint density at radius 3 is 2.63 bits per heavy atom. The normalized spacial score (nSPS) is 17.1. The smallest absolute Gasteiger partial charge is 0.290 e. The van der Waals surface area contributed by atoms with Gasteiger partial charge in [-0.2, -0.15) is 0 Å². The molecule has 1 N–H and O–H groups in total. The average Bonchev–Trinajstić information content (AvgIpc) is 3.23. The summed E-state index contributed by atoms with van der Waals surface area (Å²) in [5.41, 5.74) is 0.765. The Bertz CT molecular complexity index is 866. The summed E-state index contributed by atoms with van der Waals surface area (Å²) in [6.07, 6.45) is 1.76. The zero-order valence-electron chi connectivity index (χ0n) is 15.6. The molecule has 27 heavy (non-hydrogen) atoms. The van der Waals surface area contributed by atoms with Crippen molar-refractivity contribution >= 4 is 11.7 Å². The van der Waals surface area contributed by atoms with Crippen molar-refractivity contribution in [2.45, 2.75) is 32.9 Å². The van der Waals surface area contributed by atoms with Crippen LogP contribution in [0.5, 0.6) is 5.75 Å². The third-order valence-corrected chi connectivity index (χ3v) is 4.54. The Morgan fingerprint density at radius 1 is 1.26 bits per heavy atom. The van der Waals surface area contributed by atoms with E-state index in [0.717, 1.165) is 0 Å². The quantitative estimate of drug-likeness (QED) is 0.803. The molecule has 142 valence electrons. The molecule has 0 spiro atoms. The van der Waals surface area contributed by atoms with Crippen LogP contribution in [0.4, 0.5) is 0 Å². The highest BCUT2D eigenvalue weighted by molar-refractivity contribution is 6.09. The van der Waals surface area contributed by atoms with Gasteiger partial charge in [-0.25, -0.2) is 0 Å². The van der Waals surface area contributed by atoms with E-state index < -0.39 is 17.7 Å². The number of furan rings is 1. The van der Waals surface area contributed by atoms with E-state index in [1.807, 2.05) is 26.0 Å². The van der Waals surface area contributed by atoms with Crippen LogP contribution in [0.1, 0.15) is 37.6 Å². The van der Waals surface area contributed by atoms with Gasteiger partial charge in [0.25, 0.3) is 5.91 Å². The van der Waals surface area contributed by atoms with E-state index in [4.69, 9.17) is 9.15 Å². The van der Waals surface area contributed by atoms with Crippen molar-refractivity contribution in [1.82, 2.24) is 4.90 Å². The lowest BCUT2D eigenvalue weighted by molar-refractivity contribution is -0.130. The van der Waals surface area contributed by atoms with E-state index in [-0.39, 0.29) is 30.2 Å². The Labute approximate surface area is 158 Å². The van der Waals surface area contributed by atoms with Gasteiger partial charge in [-0.15, -0.1) is 0 Å². The molecule has 0 aliphatic carbocycles. The predicted octanol–water partition coefficient (Wildman–Crippen LogP) is 3.80. The largest absolute Gasteiger partial charge is 0.503 e. The summed E-state index contributed by atoms with van der Waals surface area (Å²) in [5, 5.41) is 10.5. The second-order valence-electron chi connectivity index (χ2n) is 6.94. The number of benzene rings is 1. The van der Waals surface area contributed by atoms with Gasteiger partial charge in [0.2, 0.25) is 0 Å². The number of ether oxygens (including phenoxy) is 1. The van der Waals surface area contributed by atoms with E-state index >= 15 is 0 Å². The lowest BCUT2D eigenvalue weighted by Crippen LogP contribution is -2.31. The number of methoxy groups -OCH3 is 1. The molecule has 1 amide bonds. The second-order valence-corrected chi connectivity index (χ2v) is 6.94. The van der Waals surface area contributed by atoms with Crippen LogP contribution in [0.3, 0.4) is 0 Å². The van der Waals surface area contributed by atoms with Gasteiger partial charge < -0.3 is 19.2 Å². The number of carbonyl (C=O) groups excluding carboxylic acids is 2. The average molecular weight is 369 g/mol. The van der Waals surface area contributed by atoms with Crippen molar-refractivity contribution in [1.29, 1.82) is 0 Å². The highest BCUT2D eigenvalue weighted by Gasteiger charge is 2.44. The van der Waals surface area contributed by atoms with Gasteiger partial charge in [-0.3, -0.25) is 9.59 Å². The summed E-state index contributed by atoms with van der Waals surface area (Å²) in [5.74, 6) is -0.116. The molecule has 1 aliphatic heterocycles. The molecule has 6 heteroatoms. The maximum atomic E-state index is 12.9. The number of para-hydroxylation sites is 1. The molecule has 2 aromatic rings. The minimum atomic E-state index is -0.731. The first-order valence-electron chi connectivity index (χ1n) is 8.86. The summed E-state index contributed by atoms with van der Waals surface area (Å²) < 4.78 is 10.8. The lowest BCUT2D eigenvalue weighted by Gasteiger charge is -2.27. The van der Waals surface area contributed by atoms with Crippen molar-refractivity contribution in [2.75, 3.05) is 7.11 Å². The second kappa shape index (κ2) is 7.70. The molecule has 1 aromatic heterocycles. The van der Waals surface area contributed by atoms with Gasteiger partial charge in [0.15, 0.2) is 11.5 Å². The number of aliphatic hydroxyl groups is 1. The monoisotopic (exact) mass is 369 g/mol. The fourth-order valence-corrected chi connectivity index (χ4v) is 3.37. The number of amides is 1. The van der Waals surface area contributed by atoms with Gasteiger partial charge in [-0.1, -0.05) is 32.0 Å². The molecule has 0 bridgehead atoms. The van der Waals surface area contributed by atoms with Crippen molar-refractivity contribution in [3.05, 3.63) is 65.3 Å². The number of carbonyl (C=O) groups is 2. The highest BCUT2D eigenvalue weighted by atomic mass is 16.5. The predicted molar refractivity (Wildman–Crippen MR) is 99.1 cm³/mol. The van der Waals surface area contributed by atoms with Gasteiger partial charge in [0.05, 0.1) is 31.5 Å². The molecule has 0 saturated heterocycles. The molecular formula is C21H23NO5. The van der Waals surface area contributed by atoms with Crippen LogP contribution in [0.2, 0.25) is 0 Å². The van der Waals surface area contributed by atoms with Crippen LogP contribution in [0.25, 0.3) is 0 Å². The lowest BCUT2D eigenvalue weighted by atomic mass is 9.91. The Kier molecular flexibility index (Phi) is 5.35. The third kappa shape index (κ3) is 3.60. The molecular weight excluding hydrogens is 346 g/mol. The number of aliphatic hydroxyl groups excluding tert-OH is 1. The molecule has 3 rings (SSSR count). The van der Waals surface area contributed by atoms with Crippen molar-refractivity contribution < 1.29 is 23.8 Å². The number of nitrogens with zero attached hydrogens (tertiary/aromatic N) is 1. The molecule has 2 heterocycles. The maximum Gasteiger partial charge on any atom is 0.290 e. The van der Waals surface area contributed by atoms with Crippen molar-refractivity contribution in [3.8, 4) is 5.75 Å². The summed E-state index contributed by atoms with van der Waals surface area (Å²) >= 11 is 0. The van der Waals surface area contributed by atoms with E-state index in [0.29, 0.717) is 17.1 Å². The molecule has 0 radical (unpaired) electrons. The van der Waals surface area contributed by atoms with Gasteiger partial charge in [0.1, 0.15) is 11.5 Å². The van der Waals surface area contributed by atoms with Gasteiger partial charge in [-0.05, 0) is 24.1 Å². The number of rotatable bonds is 7. The standard InChI is InChI=1S/C21H23NO5/c1-13(2)11-16(23)18-19(15-8-4-5-9-17(15)26-3)22(21(25)20(18)24)12-14-7-6-10-27-14/h4-10,13,19,24H,11-12H2,1-3H3.